The first-order valence-electron chi connectivity index (χ1n) is 5.51. The van der Waals surface area contributed by atoms with Crippen molar-refractivity contribution in [1.82, 2.24) is 4.98 Å². The number of rotatable bonds is 1. The molecule has 1 radical (unpaired) electrons. The molecule has 0 aliphatic carbocycles. The first-order chi connectivity index (χ1) is 7.57. The van der Waals surface area contributed by atoms with Crippen molar-refractivity contribution in [2.45, 2.75) is 6.85 Å². The van der Waals surface area contributed by atoms with E-state index in [4.69, 9.17) is 4.11 Å². The van der Waals surface area contributed by atoms with Gasteiger partial charge in [0.25, 0.3) is 0 Å². The van der Waals surface area contributed by atoms with E-state index in [1.807, 2.05) is 18.2 Å². The third-order valence-corrected chi connectivity index (χ3v) is 1.74. The van der Waals surface area contributed by atoms with Gasteiger partial charge in [0.15, 0.2) is 0 Å². The van der Waals surface area contributed by atoms with E-state index in [-0.39, 0.29) is 20.1 Å². The Morgan fingerprint density at radius 3 is 3.00 bits per heavy atom. The number of nitrogens with zero attached hydrogens (tertiary/aromatic N) is 1. The molecule has 1 heterocycles. The average molecular weight is 363 g/mol. The van der Waals surface area contributed by atoms with Gasteiger partial charge in [-0.15, -0.1) is 35.4 Å². The van der Waals surface area contributed by atoms with Crippen LogP contribution in [0.5, 0.6) is 0 Å². The van der Waals surface area contributed by atoms with Crippen molar-refractivity contribution in [2.75, 3.05) is 0 Å². The smallest absolute Gasteiger partial charge is 0.0263 e. The van der Waals surface area contributed by atoms with Crippen molar-refractivity contribution in [3.63, 3.8) is 0 Å². The fourth-order valence-corrected chi connectivity index (χ4v) is 1.14. The molecule has 0 amide bonds. The van der Waals surface area contributed by atoms with E-state index in [0.717, 1.165) is 5.69 Å². The first-order valence-corrected chi connectivity index (χ1v) is 4.01. The van der Waals surface area contributed by atoms with E-state index < -0.39 is 6.85 Å². The van der Waals surface area contributed by atoms with Crippen molar-refractivity contribution in [2.24, 2.45) is 0 Å². The summed E-state index contributed by atoms with van der Waals surface area (Å²) in [6.07, 6.45) is 1.67. The molecule has 73 valence electrons. The van der Waals surface area contributed by atoms with Crippen LogP contribution in [0.25, 0.3) is 11.3 Å². The number of hydrogen-bond acceptors (Lipinski definition) is 1. The minimum atomic E-state index is -2.08. The minimum Gasteiger partial charge on any atom is -0.305 e. The zero-order valence-electron chi connectivity index (χ0n) is 10.3. The summed E-state index contributed by atoms with van der Waals surface area (Å²) in [4.78, 5) is 4.16. The molecule has 2 rings (SSSR count). The largest absolute Gasteiger partial charge is 0.305 e. The van der Waals surface area contributed by atoms with Gasteiger partial charge in [-0.25, -0.2) is 0 Å². The maximum atomic E-state index is 7.33. The third kappa shape index (κ3) is 2.50. The molecule has 2 aromatic rings. The number of aryl methyl sites for hydroxylation is 1. The normalized spacial score (nSPS) is 13.3. The molecule has 0 N–H and O–H groups in total. The molecule has 0 aliphatic heterocycles. The summed E-state index contributed by atoms with van der Waals surface area (Å²) in [6.45, 7) is -2.08. The fraction of sp³-hybridized carbons (Fsp3) is 0.0833. The molecule has 14 heavy (non-hydrogen) atoms. The molecule has 0 spiro atoms. The number of pyridine rings is 1. The van der Waals surface area contributed by atoms with Gasteiger partial charge in [-0.1, -0.05) is 19.0 Å². The van der Waals surface area contributed by atoms with E-state index >= 15 is 0 Å². The van der Waals surface area contributed by atoms with Gasteiger partial charge in [0.1, 0.15) is 0 Å². The molecule has 0 fully saturated rings. The van der Waals surface area contributed by atoms with Gasteiger partial charge in [0.2, 0.25) is 0 Å². The molecule has 1 aromatic carbocycles. The monoisotopic (exact) mass is 364 g/mol. The topological polar surface area (TPSA) is 12.9 Å². The molecule has 0 bridgehead atoms. The second-order valence-corrected chi connectivity index (χ2v) is 2.71. The third-order valence-electron chi connectivity index (χ3n) is 1.74. The van der Waals surface area contributed by atoms with Crippen LogP contribution in [0.3, 0.4) is 0 Å². The predicted octanol–water partition coefficient (Wildman–Crippen LogP) is 2.85. The average Bonchev–Trinajstić information content (AvgIpc) is 2.29. The molecule has 1 nitrogen and oxygen atoms in total. The molecule has 0 unspecified atom stereocenters. The molecule has 0 saturated carbocycles. The van der Waals surface area contributed by atoms with Crippen LogP contribution < -0.4 is 0 Å². The van der Waals surface area contributed by atoms with Gasteiger partial charge >= 0.3 is 0 Å². The van der Waals surface area contributed by atoms with Crippen LogP contribution in [0.2, 0.25) is 0 Å². The van der Waals surface area contributed by atoms with E-state index in [1.54, 1.807) is 24.4 Å². The molecule has 0 atom stereocenters. The predicted molar refractivity (Wildman–Crippen MR) is 53.2 cm³/mol. The standard InChI is InChI=1S/C12H10N.Ir/c1-10-5-4-6-11(9-10)12-7-2-3-8-13-12;/h2-5,7-9H,1H3;/q-1;/i1D3;. The van der Waals surface area contributed by atoms with Crippen LogP contribution >= 0.6 is 0 Å². The van der Waals surface area contributed by atoms with E-state index in [9.17, 15) is 0 Å². The second kappa shape index (κ2) is 5.04. The molecule has 2 heteroatoms. The Morgan fingerprint density at radius 1 is 1.36 bits per heavy atom. The van der Waals surface area contributed by atoms with Crippen molar-refractivity contribution >= 4 is 0 Å². The van der Waals surface area contributed by atoms with Gasteiger partial charge in [0, 0.05) is 30.4 Å². The maximum Gasteiger partial charge on any atom is 0.0263 e. The number of hydrogen-bond donors (Lipinski definition) is 0. The summed E-state index contributed by atoms with van der Waals surface area (Å²) in [6, 6.07) is 13.3. The number of benzene rings is 1. The van der Waals surface area contributed by atoms with Crippen LogP contribution in [-0.2, 0) is 20.1 Å². The Kier molecular flexibility index (Phi) is 2.64. The zero-order valence-corrected chi connectivity index (χ0v) is 9.72. The summed E-state index contributed by atoms with van der Waals surface area (Å²) < 4.78 is 22.0. The summed E-state index contributed by atoms with van der Waals surface area (Å²) in [5.74, 6) is 0. The van der Waals surface area contributed by atoms with Gasteiger partial charge in [0.05, 0.1) is 0 Å². The van der Waals surface area contributed by atoms with Crippen molar-refractivity contribution in [3.8, 4) is 11.3 Å². The van der Waals surface area contributed by atoms with Crippen LogP contribution in [-0.4, -0.2) is 4.98 Å². The zero-order chi connectivity index (χ0) is 11.6. The Morgan fingerprint density at radius 2 is 2.29 bits per heavy atom. The fourth-order valence-electron chi connectivity index (χ4n) is 1.14. The summed E-state index contributed by atoms with van der Waals surface area (Å²) >= 11 is 0. The van der Waals surface area contributed by atoms with E-state index in [2.05, 4.69) is 11.1 Å². The van der Waals surface area contributed by atoms with Crippen LogP contribution in [0.15, 0.2) is 42.6 Å². The first kappa shape index (κ1) is 7.33. The Hall–Kier alpha value is -0.981. The summed E-state index contributed by atoms with van der Waals surface area (Å²) in [5.41, 5.74) is 1.75. The second-order valence-electron chi connectivity index (χ2n) is 2.71. The van der Waals surface area contributed by atoms with Crippen molar-refractivity contribution in [1.29, 1.82) is 0 Å². The van der Waals surface area contributed by atoms with Crippen LogP contribution in [0.1, 0.15) is 9.68 Å². The Labute approximate surface area is 102 Å². The molecule has 0 saturated heterocycles. The maximum absolute atomic E-state index is 7.33. The van der Waals surface area contributed by atoms with E-state index in [0.29, 0.717) is 11.1 Å². The minimum absolute atomic E-state index is 0. The van der Waals surface area contributed by atoms with Crippen molar-refractivity contribution in [3.05, 3.63) is 54.2 Å². The number of aromatic nitrogens is 1. The quantitative estimate of drug-likeness (QED) is 0.710. The Bertz CT molecular complexity index is 483. The molecule has 0 aliphatic rings. The van der Waals surface area contributed by atoms with Crippen molar-refractivity contribution < 1.29 is 24.2 Å². The van der Waals surface area contributed by atoms with Gasteiger partial charge < -0.3 is 4.98 Å². The molecule has 1 aromatic heterocycles. The molecular formula is C12H10IrN-. The van der Waals surface area contributed by atoms with Gasteiger partial charge in [-0.3, -0.25) is 0 Å². The Balaban J connectivity index is 0.00000144. The molecular weight excluding hydrogens is 350 g/mol. The SMILES string of the molecule is [2H]C([2H])([2H])c1cc[c-]c(-c2ccccn2)c1.[Ir]. The van der Waals surface area contributed by atoms with Gasteiger partial charge in [-0.05, 0) is 11.8 Å². The van der Waals surface area contributed by atoms with Crippen LogP contribution in [0.4, 0.5) is 0 Å². The van der Waals surface area contributed by atoms with Crippen LogP contribution in [0, 0.1) is 12.9 Å². The van der Waals surface area contributed by atoms with E-state index in [1.165, 1.54) is 0 Å². The summed E-state index contributed by atoms with van der Waals surface area (Å²) in [7, 11) is 0. The summed E-state index contributed by atoms with van der Waals surface area (Å²) in [5, 5.41) is 0. The van der Waals surface area contributed by atoms with Gasteiger partial charge in [-0.2, -0.15) is 0 Å².